The van der Waals surface area contributed by atoms with Crippen molar-refractivity contribution in [3.8, 4) is 0 Å². The Kier molecular flexibility index (Phi) is 8.32. The van der Waals surface area contributed by atoms with Gasteiger partial charge in [0.15, 0.2) is 0 Å². The first-order valence-corrected chi connectivity index (χ1v) is 16.8. The molecule has 2 N–H and O–H groups in total. The predicted octanol–water partition coefficient (Wildman–Crippen LogP) is 5.77. The minimum Gasteiger partial charge on any atom is -0.369 e. The largest absolute Gasteiger partial charge is 0.369 e. The van der Waals surface area contributed by atoms with Crippen LogP contribution in [0.15, 0.2) is 70.4 Å². The van der Waals surface area contributed by atoms with E-state index in [0.717, 1.165) is 37.8 Å². The lowest BCUT2D eigenvalue weighted by Crippen LogP contribution is -2.47. The van der Waals surface area contributed by atoms with Crippen LogP contribution in [0.1, 0.15) is 73.3 Å². The van der Waals surface area contributed by atoms with Gasteiger partial charge in [-0.25, -0.2) is 8.42 Å². The van der Waals surface area contributed by atoms with Crippen LogP contribution in [0, 0.1) is 5.92 Å². The molecule has 1 saturated carbocycles. The minimum absolute atomic E-state index is 0.0188. The van der Waals surface area contributed by atoms with Gasteiger partial charge >= 0.3 is 0 Å². The molecule has 1 aromatic heterocycles. The number of sulfonamides is 1. The number of amides is 1. The Balaban J connectivity index is 1.32. The fourth-order valence-corrected chi connectivity index (χ4v) is 8.20. The maximum Gasteiger partial charge on any atom is 0.262 e. The molecule has 2 atom stereocenters. The van der Waals surface area contributed by atoms with Gasteiger partial charge in [0.05, 0.1) is 16.3 Å². The molecule has 1 saturated heterocycles. The second kappa shape index (κ2) is 12.1. The number of nitrogens with zero attached hydrogens (tertiary/aromatic N) is 2. The van der Waals surface area contributed by atoms with E-state index in [2.05, 4.69) is 14.9 Å². The zero-order chi connectivity index (χ0) is 29.3. The number of rotatable bonds is 6. The minimum atomic E-state index is -3.99. The molecule has 10 heteroatoms. The Morgan fingerprint density at radius 2 is 1.64 bits per heavy atom. The first-order chi connectivity index (χ1) is 20.3. The summed E-state index contributed by atoms with van der Waals surface area (Å²) in [6.45, 7) is 1.95. The molecular weight excluding hydrogens is 572 g/mol. The van der Waals surface area contributed by atoms with Crippen molar-refractivity contribution in [3.05, 3.63) is 87.3 Å². The quantitative estimate of drug-likeness (QED) is 0.370. The normalized spacial score (nSPS) is 21.1. The lowest BCUT2D eigenvalue weighted by molar-refractivity contribution is 0.0930. The maximum absolute atomic E-state index is 13.5. The SMILES string of the molecule is O=C(NC1CCCCCCC1)c1ccc(N2C[C@H]3C[C@@H](C2)c2cccc(=O)n2C3)c(NS(=O)(=O)c2cccc(Cl)c2)c1. The summed E-state index contributed by atoms with van der Waals surface area (Å²) in [4.78, 5) is 28.2. The molecule has 8 nitrogen and oxygen atoms in total. The van der Waals surface area contributed by atoms with E-state index >= 15 is 0 Å². The van der Waals surface area contributed by atoms with Gasteiger partial charge < -0.3 is 14.8 Å². The van der Waals surface area contributed by atoms with Crippen LogP contribution in [0.3, 0.4) is 0 Å². The molecule has 2 aliphatic heterocycles. The Bertz CT molecular complexity index is 1630. The lowest BCUT2D eigenvalue weighted by Gasteiger charge is -2.44. The maximum atomic E-state index is 13.5. The summed E-state index contributed by atoms with van der Waals surface area (Å²) >= 11 is 6.12. The molecule has 2 bridgehead atoms. The van der Waals surface area contributed by atoms with Crippen LogP contribution in [0.2, 0.25) is 5.02 Å². The van der Waals surface area contributed by atoms with Crippen LogP contribution in [-0.2, 0) is 16.6 Å². The van der Waals surface area contributed by atoms with Crippen molar-refractivity contribution in [3.63, 3.8) is 0 Å². The number of benzene rings is 2. The molecule has 222 valence electrons. The molecule has 0 radical (unpaired) electrons. The van der Waals surface area contributed by atoms with E-state index in [0.29, 0.717) is 41.6 Å². The van der Waals surface area contributed by atoms with E-state index in [-0.39, 0.29) is 34.2 Å². The highest BCUT2D eigenvalue weighted by Gasteiger charge is 2.35. The summed E-state index contributed by atoms with van der Waals surface area (Å²) in [6.07, 6.45) is 8.71. The topological polar surface area (TPSA) is 101 Å². The molecule has 3 heterocycles. The zero-order valence-corrected chi connectivity index (χ0v) is 25.2. The molecule has 2 fully saturated rings. The second-order valence-corrected chi connectivity index (χ2v) is 14.0. The molecule has 2 aromatic carbocycles. The van der Waals surface area contributed by atoms with Crippen molar-refractivity contribution in [2.45, 2.75) is 74.8 Å². The fraction of sp³-hybridized carbons (Fsp3) is 0.438. The first-order valence-electron chi connectivity index (χ1n) is 14.9. The van der Waals surface area contributed by atoms with Gasteiger partial charge in [-0.2, -0.15) is 0 Å². The monoisotopic (exact) mass is 608 g/mol. The number of fused-ring (bicyclic) bond motifs is 4. The van der Waals surface area contributed by atoms with Crippen LogP contribution in [0.25, 0.3) is 0 Å². The Hall–Kier alpha value is -3.30. The number of carbonyl (C=O) groups excluding carboxylic acids is 1. The van der Waals surface area contributed by atoms with E-state index < -0.39 is 10.0 Å². The number of piperidine rings is 1. The number of carbonyl (C=O) groups is 1. The average molecular weight is 609 g/mol. The van der Waals surface area contributed by atoms with E-state index in [1.165, 1.54) is 31.4 Å². The average Bonchev–Trinajstić information content (AvgIpc) is 2.94. The van der Waals surface area contributed by atoms with Crippen LogP contribution in [-0.4, -0.2) is 38.0 Å². The number of pyridine rings is 1. The molecule has 1 aliphatic carbocycles. The number of halogens is 1. The van der Waals surface area contributed by atoms with Gasteiger partial charge in [-0.3, -0.25) is 14.3 Å². The van der Waals surface area contributed by atoms with Crippen molar-refractivity contribution >= 4 is 38.9 Å². The third-order valence-corrected chi connectivity index (χ3v) is 10.5. The van der Waals surface area contributed by atoms with Gasteiger partial charge in [0.1, 0.15) is 0 Å². The molecule has 6 rings (SSSR count). The third kappa shape index (κ3) is 6.22. The van der Waals surface area contributed by atoms with E-state index in [1.807, 2.05) is 16.7 Å². The van der Waals surface area contributed by atoms with E-state index in [4.69, 9.17) is 11.6 Å². The van der Waals surface area contributed by atoms with Crippen molar-refractivity contribution in [2.24, 2.45) is 5.92 Å². The fourth-order valence-electron chi connectivity index (χ4n) is 6.84. The molecule has 0 unspecified atom stereocenters. The summed E-state index contributed by atoms with van der Waals surface area (Å²) in [7, 11) is -3.99. The van der Waals surface area contributed by atoms with E-state index in [9.17, 15) is 18.0 Å². The van der Waals surface area contributed by atoms with Gasteiger partial charge in [0.25, 0.3) is 21.5 Å². The standard InChI is InChI=1S/C32H37ClN4O4S/c33-25-8-6-11-27(18-25)42(40,41)35-28-17-23(32(39)34-26-9-4-2-1-3-5-10-26)14-15-30(28)36-19-22-16-24(21-36)29-12-7-13-31(38)37(29)20-22/h6-8,11-15,17-18,22,24,26,35H,1-5,9-10,16,19-21H2,(H,34,39)/t22-,24+/m1/s1. The number of hydrogen-bond acceptors (Lipinski definition) is 5. The summed E-state index contributed by atoms with van der Waals surface area (Å²) in [6, 6.07) is 17.0. The Morgan fingerprint density at radius 1 is 0.881 bits per heavy atom. The summed E-state index contributed by atoms with van der Waals surface area (Å²) in [5, 5.41) is 3.52. The Morgan fingerprint density at radius 3 is 2.43 bits per heavy atom. The van der Waals surface area contributed by atoms with Gasteiger partial charge in [-0.05, 0) is 67.6 Å². The lowest BCUT2D eigenvalue weighted by atomic mass is 9.83. The van der Waals surface area contributed by atoms with Crippen molar-refractivity contribution in [1.29, 1.82) is 0 Å². The second-order valence-electron chi connectivity index (χ2n) is 11.9. The summed E-state index contributed by atoms with van der Waals surface area (Å²) in [5.41, 5.74) is 2.51. The molecular formula is C32H37ClN4O4S. The highest BCUT2D eigenvalue weighted by Crippen LogP contribution is 2.40. The highest BCUT2D eigenvalue weighted by atomic mass is 35.5. The zero-order valence-electron chi connectivity index (χ0n) is 23.6. The van der Waals surface area contributed by atoms with E-state index in [1.54, 1.807) is 36.4 Å². The van der Waals surface area contributed by atoms with Crippen LogP contribution >= 0.6 is 11.6 Å². The summed E-state index contributed by atoms with van der Waals surface area (Å²) in [5.74, 6) is 0.196. The number of hydrogen-bond donors (Lipinski definition) is 2. The van der Waals surface area contributed by atoms with Gasteiger partial charge in [-0.1, -0.05) is 55.8 Å². The van der Waals surface area contributed by atoms with Crippen LogP contribution < -0.4 is 20.5 Å². The van der Waals surface area contributed by atoms with Crippen molar-refractivity contribution in [2.75, 3.05) is 22.7 Å². The number of nitrogens with one attached hydrogen (secondary N) is 2. The van der Waals surface area contributed by atoms with Crippen molar-refractivity contribution in [1.82, 2.24) is 9.88 Å². The van der Waals surface area contributed by atoms with Gasteiger partial charge in [-0.15, -0.1) is 0 Å². The predicted molar refractivity (Wildman–Crippen MR) is 166 cm³/mol. The molecule has 42 heavy (non-hydrogen) atoms. The van der Waals surface area contributed by atoms with Gasteiger partial charge in [0, 0.05) is 53.9 Å². The first kappa shape index (κ1) is 28.8. The number of anilines is 2. The molecule has 0 spiro atoms. The Labute approximate surface area is 252 Å². The van der Waals surface area contributed by atoms with Crippen molar-refractivity contribution < 1.29 is 13.2 Å². The van der Waals surface area contributed by atoms with Crippen LogP contribution in [0.5, 0.6) is 0 Å². The molecule has 3 aromatic rings. The van der Waals surface area contributed by atoms with Crippen LogP contribution in [0.4, 0.5) is 11.4 Å². The summed E-state index contributed by atoms with van der Waals surface area (Å²) < 4.78 is 31.7. The third-order valence-electron chi connectivity index (χ3n) is 8.87. The highest BCUT2D eigenvalue weighted by molar-refractivity contribution is 7.92. The molecule has 1 amide bonds. The number of aromatic nitrogens is 1. The smallest absolute Gasteiger partial charge is 0.262 e. The van der Waals surface area contributed by atoms with Gasteiger partial charge in [0.2, 0.25) is 0 Å². The molecule has 3 aliphatic rings.